The minimum Gasteiger partial charge on any atom is -0.324 e. The molecule has 1 aromatic heterocycles. The van der Waals surface area contributed by atoms with Gasteiger partial charge in [-0.3, -0.25) is 18.7 Å². The van der Waals surface area contributed by atoms with E-state index in [0.29, 0.717) is 15.9 Å². The summed E-state index contributed by atoms with van der Waals surface area (Å²) >= 11 is 6.07. The summed E-state index contributed by atoms with van der Waals surface area (Å²) in [6.07, 6.45) is 0. The van der Waals surface area contributed by atoms with Gasteiger partial charge in [-0.05, 0) is 61.7 Å². The molecule has 0 fully saturated rings. The molecule has 0 saturated heterocycles. The highest BCUT2D eigenvalue weighted by Gasteiger charge is 2.17. The highest BCUT2D eigenvalue weighted by molar-refractivity contribution is 6.30. The number of aryl methyl sites for hydroxylation is 3. The Bertz CT molecular complexity index is 1480. The van der Waals surface area contributed by atoms with Gasteiger partial charge in [0.1, 0.15) is 6.54 Å². The Morgan fingerprint density at radius 1 is 0.909 bits per heavy atom. The van der Waals surface area contributed by atoms with Crippen LogP contribution in [0, 0.1) is 20.8 Å². The van der Waals surface area contributed by atoms with Crippen molar-refractivity contribution in [3.8, 4) is 0 Å². The summed E-state index contributed by atoms with van der Waals surface area (Å²) < 4.78 is 2.49. The molecule has 0 saturated carbocycles. The molecule has 0 aliphatic heterocycles. The van der Waals surface area contributed by atoms with Crippen molar-refractivity contribution in [1.29, 1.82) is 0 Å². The number of nitrogens with zero attached hydrogens (tertiary/aromatic N) is 2. The topological polar surface area (TPSA) is 73.1 Å². The Balaban J connectivity index is 1.76. The SMILES string of the molecule is Cc1cc(C)c(NC(=O)Cn2c(=O)n(Cc3cccc(Cl)c3)c(=O)c3ccccc32)c(C)c1. The number of carbonyl (C=O) groups excluding carboxylic acids is 1. The first-order chi connectivity index (χ1) is 15.7. The van der Waals surface area contributed by atoms with Gasteiger partial charge in [0.25, 0.3) is 5.56 Å². The van der Waals surface area contributed by atoms with Crippen LogP contribution in [0.5, 0.6) is 0 Å². The molecule has 0 aliphatic carbocycles. The van der Waals surface area contributed by atoms with Crippen molar-refractivity contribution in [1.82, 2.24) is 9.13 Å². The maximum Gasteiger partial charge on any atom is 0.332 e. The van der Waals surface area contributed by atoms with E-state index in [4.69, 9.17) is 11.6 Å². The van der Waals surface area contributed by atoms with E-state index in [1.54, 1.807) is 48.5 Å². The van der Waals surface area contributed by atoms with Crippen LogP contribution < -0.4 is 16.6 Å². The van der Waals surface area contributed by atoms with Gasteiger partial charge in [0.15, 0.2) is 0 Å². The minimum atomic E-state index is -0.550. The third-order valence-corrected chi connectivity index (χ3v) is 5.84. The number of carbonyl (C=O) groups is 1. The Morgan fingerprint density at radius 2 is 1.61 bits per heavy atom. The van der Waals surface area contributed by atoms with Crippen molar-refractivity contribution >= 4 is 34.1 Å². The van der Waals surface area contributed by atoms with E-state index in [1.165, 1.54) is 4.57 Å². The van der Waals surface area contributed by atoms with Crippen LogP contribution in [0.1, 0.15) is 22.3 Å². The molecule has 168 valence electrons. The monoisotopic (exact) mass is 461 g/mol. The Kier molecular flexibility index (Phi) is 6.20. The third-order valence-electron chi connectivity index (χ3n) is 5.61. The second-order valence-electron chi connectivity index (χ2n) is 8.23. The predicted molar refractivity (Wildman–Crippen MR) is 132 cm³/mol. The lowest BCUT2D eigenvalue weighted by atomic mass is 10.1. The number of halogens is 1. The Hall–Kier alpha value is -3.64. The van der Waals surface area contributed by atoms with Crippen molar-refractivity contribution in [2.24, 2.45) is 0 Å². The van der Waals surface area contributed by atoms with Gasteiger partial charge < -0.3 is 5.32 Å². The second kappa shape index (κ2) is 9.08. The normalized spacial score (nSPS) is 11.0. The molecule has 0 aliphatic rings. The number of hydrogen-bond donors (Lipinski definition) is 1. The highest BCUT2D eigenvalue weighted by Crippen LogP contribution is 2.22. The molecule has 0 spiro atoms. The van der Waals surface area contributed by atoms with Crippen LogP contribution in [0.25, 0.3) is 10.9 Å². The van der Waals surface area contributed by atoms with Crippen LogP contribution >= 0.6 is 11.6 Å². The van der Waals surface area contributed by atoms with E-state index < -0.39 is 11.2 Å². The predicted octanol–water partition coefficient (Wildman–Crippen LogP) is 4.43. The summed E-state index contributed by atoms with van der Waals surface area (Å²) in [4.78, 5) is 39.5. The minimum absolute atomic E-state index is 0.0564. The van der Waals surface area contributed by atoms with Crippen molar-refractivity contribution in [2.45, 2.75) is 33.9 Å². The lowest BCUT2D eigenvalue weighted by Gasteiger charge is -2.16. The van der Waals surface area contributed by atoms with Crippen LogP contribution in [0.4, 0.5) is 5.69 Å². The van der Waals surface area contributed by atoms with Gasteiger partial charge in [-0.2, -0.15) is 0 Å². The molecule has 3 aromatic carbocycles. The van der Waals surface area contributed by atoms with Gasteiger partial charge in [0, 0.05) is 10.7 Å². The summed E-state index contributed by atoms with van der Waals surface area (Å²) in [5.41, 5.74) is 3.92. The van der Waals surface area contributed by atoms with Crippen LogP contribution in [0.15, 0.2) is 70.3 Å². The Morgan fingerprint density at radius 3 is 2.30 bits per heavy atom. The summed E-state index contributed by atoms with van der Waals surface area (Å²) in [5, 5.41) is 3.82. The van der Waals surface area contributed by atoms with Crippen LogP contribution in [0.2, 0.25) is 5.02 Å². The summed E-state index contributed by atoms with van der Waals surface area (Å²) in [5.74, 6) is -0.342. The number of amides is 1. The highest BCUT2D eigenvalue weighted by atomic mass is 35.5. The fourth-order valence-corrected chi connectivity index (χ4v) is 4.39. The van der Waals surface area contributed by atoms with Crippen LogP contribution in [0.3, 0.4) is 0 Å². The van der Waals surface area contributed by atoms with E-state index in [-0.39, 0.29) is 19.0 Å². The van der Waals surface area contributed by atoms with Crippen molar-refractivity contribution < 1.29 is 4.79 Å². The van der Waals surface area contributed by atoms with Crippen LogP contribution in [-0.4, -0.2) is 15.0 Å². The molecule has 0 atom stereocenters. The fraction of sp³-hybridized carbons (Fsp3) is 0.192. The molecule has 6 nitrogen and oxygen atoms in total. The molecule has 1 N–H and O–H groups in total. The number of anilines is 1. The molecule has 4 rings (SSSR count). The van der Waals surface area contributed by atoms with E-state index in [9.17, 15) is 14.4 Å². The maximum absolute atomic E-state index is 13.4. The van der Waals surface area contributed by atoms with Gasteiger partial charge in [0.05, 0.1) is 17.4 Å². The number of nitrogens with one attached hydrogen (secondary N) is 1. The molecule has 0 radical (unpaired) electrons. The zero-order chi connectivity index (χ0) is 23.7. The fourth-order valence-electron chi connectivity index (χ4n) is 4.18. The number of benzene rings is 3. The van der Waals surface area contributed by atoms with Gasteiger partial charge in [-0.1, -0.05) is 53.6 Å². The average Bonchev–Trinajstić information content (AvgIpc) is 2.77. The van der Waals surface area contributed by atoms with Crippen LogP contribution in [-0.2, 0) is 17.9 Å². The second-order valence-corrected chi connectivity index (χ2v) is 8.67. The van der Waals surface area contributed by atoms with E-state index in [2.05, 4.69) is 5.32 Å². The van der Waals surface area contributed by atoms with Crippen molar-refractivity contribution in [3.63, 3.8) is 0 Å². The maximum atomic E-state index is 13.4. The summed E-state index contributed by atoms with van der Waals surface area (Å²) in [6.45, 7) is 5.70. The summed E-state index contributed by atoms with van der Waals surface area (Å²) in [6, 6.07) is 17.8. The first-order valence-electron chi connectivity index (χ1n) is 10.6. The lowest BCUT2D eigenvalue weighted by Crippen LogP contribution is -2.42. The average molecular weight is 462 g/mol. The lowest BCUT2D eigenvalue weighted by molar-refractivity contribution is -0.116. The molecule has 7 heteroatoms. The van der Waals surface area contributed by atoms with Gasteiger partial charge in [0.2, 0.25) is 5.91 Å². The standard InChI is InChI=1S/C26H24ClN3O3/c1-16-11-17(2)24(18(3)12-16)28-23(31)15-29-22-10-5-4-9-21(22)25(32)30(26(29)33)14-19-7-6-8-20(27)13-19/h4-13H,14-15H2,1-3H3,(H,28,31). The Labute approximate surface area is 196 Å². The molecule has 1 amide bonds. The molecular weight excluding hydrogens is 438 g/mol. The van der Waals surface area contributed by atoms with Gasteiger partial charge in [-0.15, -0.1) is 0 Å². The van der Waals surface area contributed by atoms with Crippen molar-refractivity contribution in [3.05, 3.63) is 109 Å². The number of hydrogen-bond acceptors (Lipinski definition) is 3. The molecule has 4 aromatic rings. The zero-order valence-corrected chi connectivity index (χ0v) is 19.4. The smallest absolute Gasteiger partial charge is 0.324 e. The number of rotatable bonds is 5. The zero-order valence-electron chi connectivity index (χ0n) is 18.7. The molecule has 1 heterocycles. The number of para-hydroxylation sites is 1. The summed E-state index contributed by atoms with van der Waals surface area (Å²) in [7, 11) is 0. The van der Waals surface area contributed by atoms with Crippen molar-refractivity contribution in [2.75, 3.05) is 5.32 Å². The molecular formula is C26H24ClN3O3. The largest absolute Gasteiger partial charge is 0.332 e. The van der Waals surface area contributed by atoms with E-state index in [0.717, 1.165) is 32.5 Å². The molecule has 33 heavy (non-hydrogen) atoms. The van der Waals surface area contributed by atoms with E-state index >= 15 is 0 Å². The third kappa shape index (κ3) is 4.61. The quantitative estimate of drug-likeness (QED) is 0.478. The number of fused-ring (bicyclic) bond motifs is 1. The molecule has 0 bridgehead atoms. The first-order valence-corrected chi connectivity index (χ1v) is 11.0. The molecule has 0 unspecified atom stereocenters. The number of aromatic nitrogens is 2. The van der Waals surface area contributed by atoms with Gasteiger partial charge >= 0.3 is 5.69 Å². The van der Waals surface area contributed by atoms with E-state index in [1.807, 2.05) is 32.9 Å². The first kappa shape index (κ1) is 22.6. The van der Waals surface area contributed by atoms with Gasteiger partial charge in [-0.25, -0.2) is 4.79 Å².